The van der Waals surface area contributed by atoms with Crippen molar-refractivity contribution in [3.8, 4) is 23.0 Å². The van der Waals surface area contributed by atoms with Crippen LogP contribution in [0.4, 0.5) is 0 Å². The smallest absolute Gasteiger partial charge is 0.343 e. The lowest BCUT2D eigenvalue weighted by molar-refractivity contribution is -0.138. The van der Waals surface area contributed by atoms with E-state index in [1.54, 1.807) is 73.8 Å². The molecule has 0 unspecified atom stereocenters. The molecule has 0 aliphatic rings. The molecular formula is C34H36O10. The Morgan fingerprint density at radius 2 is 1.20 bits per heavy atom. The molecule has 0 fully saturated rings. The van der Waals surface area contributed by atoms with Gasteiger partial charge < -0.3 is 28.4 Å². The minimum Gasteiger partial charge on any atom is -0.497 e. The first kappa shape index (κ1) is 34.8. The highest BCUT2D eigenvalue weighted by molar-refractivity contribution is 5.91. The van der Waals surface area contributed by atoms with Crippen LogP contribution in [0.3, 0.4) is 0 Å². The van der Waals surface area contributed by atoms with Gasteiger partial charge in [0.25, 0.3) is 0 Å². The van der Waals surface area contributed by atoms with E-state index in [1.165, 1.54) is 0 Å². The van der Waals surface area contributed by atoms with Crippen molar-refractivity contribution in [2.75, 3.05) is 33.5 Å². The van der Waals surface area contributed by atoms with E-state index in [0.29, 0.717) is 66.8 Å². The number of esters is 3. The molecule has 3 aromatic carbocycles. The van der Waals surface area contributed by atoms with Crippen molar-refractivity contribution in [3.63, 3.8) is 0 Å². The summed E-state index contributed by atoms with van der Waals surface area (Å²) < 4.78 is 31.1. The zero-order valence-electron chi connectivity index (χ0n) is 24.8. The minimum absolute atomic E-state index is 0.260. The van der Waals surface area contributed by atoms with E-state index in [-0.39, 0.29) is 6.61 Å². The maximum atomic E-state index is 12.3. The molecule has 0 N–H and O–H groups in total. The summed E-state index contributed by atoms with van der Waals surface area (Å²) in [5.41, 5.74) is 1.83. The fourth-order valence-corrected chi connectivity index (χ4v) is 3.31. The van der Waals surface area contributed by atoms with Gasteiger partial charge in [-0.1, -0.05) is 13.2 Å². The average Bonchev–Trinajstić information content (AvgIpc) is 3.05. The molecule has 0 radical (unpaired) electrons. The van der Waals surface area contributed by atoms with Gasteiger partial charge in [0, 0.05) is 30.6 Å². The molecule has 232 valence electrons. The van der Waals surface area contributed by atoms with Crippen LogP contribution in [0.25, 0.3) is 0 Å². The number of aldehydes is 1. The van der Waals surface area contributed by atoms with E-state index in [1.807, 2.05) is 6.92 Å². The molecule has 0 aliphatic heterocycles. The van der Waals surface area contributed by atoms with Crippen LogP contribution in [0.2, 0.25) is 0 Å². The number of hydrogen-bond donors (Lipinski definition) is 0. The van der Waals surface area contributed by atoms with E-state index < -0.39 is 17.9 Å². The van der Waals surface area contributed by atoms with Gasteiger partial charge in [0.15, 0.2) is 0 Å². The highest BCUT2D eigenvalue weighted by Gasteiger charge is 2.11. The van der Waals surface area contributed by atoms with Gasteiger partial charge in [-0.15, -0.1) is 0 Å². The third kappa shape index (κ3) is 13.1. The summed E-state index contributed by atoms with van der Waals surface area (Å²) >= 11 is 0. The monoisotopic (exact) mass is 604 g/mol. The summed E-state index contributed by atoms with van der Waals surface area (Å²) in [6.07, 6.45) is 4.18. The van der Waals surface area contributed by atoms with E-state index in [9.17, 15) is 19.2 Å². The van der Waals surface area contributed by atoms with Crippen LogP contribution in [-0.4, -0.2) is 57.7 Å². The highest BCUT2D eigenvalue weighted by Crippen LogP contribution is 2.24. The first-order valence-corrected chi connectivity index (χ1v) is 13.7. The topological polar surface area (TPSA) is 124 Å². The maximum absolute atomic E-state index is 12.3. The Hall–Kier alpha value is -5.38. The Labute approximate surface area is 256 Å². The van der Waals surface area contributed by atoms with Crippen molar-refractivity contribution in [2.24, 2.45) is 0 Å². The number of rotatable bonds is 16. The fourth-order valence-electron chi connectivity index (χ4n) is 3.31. The third-order valence-electron chi connectivity index (χ3n) is 5.63. The second-order valence-electron chi connectivity index (χ2n) is 8.88. The molecule has 0 saturated carbocycles. The SMILES string of the molecule is C=CC(=O)OCCCOc1ccc(C(=O)Oc2ccc(OC)cc2C)cc1.C=CC(=O)OCCCOc1ccc(C=O)cc1. The average molecular weight is 605 g/mol. The Balaban J connectivity index is 0.000000342. The largest absolute Gasteiger partial charge is 0.497 e. The molecule has 0 amide bonds. The second kappa shape index (κ2) is 19.7. The molecule has 44 heavy (non-hydrogen) atoms. The van der Waals surface area contributed by atoms with Crippen LogP contribution >= 0.6 is 0 Å². The van der Waals surface area contributed by atoms with Gasteiger partial charge in [0.1, 0.15) is 29.3 Å². The van der Waals surface area contributed by atoms with Crippen LogP contribution in [0.1, 0.15) is 39.1 Å². The lowest BCUT2D eigenvalue weighted by Gasteiger charge is -2.10. The van der Waals surface area contributed by atoms with Gasteiger partial charge >= 0.3 is 17.9 Å². The predicted octanol–water partition coefficient (Wildman–Crippen LogP) is 5.72. The van der Waals surface area contributed by atoms with Gasteiger partial charge in [0.05, 0.1) is 39.1 Å². The van der Waals surface area contributed by atoms with Crippen LogP contribution < -0.4 is 18.9 Å². The van der Waals surface area contributed by atoms with Crippen molar-refractivity contribution in [1.29, 1.82) is 0 Å². The van der Waals surface area contributed by atoms with Crippen molar-refractivity contribution in [1.82, 2.24) is 0 Å². The normalized spacial score (nSPS) is 9.77. The van der Waals surface area contributed by atoms with Gasteiger partial charge in [-0.3, -0.25) is 4.79 Å². The molecule has 0 bridgehead atoms. The van der Waals surface area contributed by atoms with E-state index in [2.05, 4.69) is 13.2 Å². The van der Waals surface area contributed by atoms with E-state index in [0.717, 1.165) is 24.0 Å². The second-order valence-corrected chi connectivity index (χ2v) is 8.88. The standard InChI is InChI=1S/C21H22O6.C13H14O4/c1-4-20(22)26-13-5-12-25-17-8-6-16(7-9-17)21(23)27-19-11-10-18(24-3)14-15(19)2;1-2-13(15)17-9-3-8-16-12-6-4-11(10-14)5-7-12/h4,6-11,14H,1,5,12-13H2,2-3H3;2,4-7,10H,1,3,8-9H2. The predicted molar refractivity (Wildman–Crippen MR) is 163 cm³/mol. The number of carbonyl (C=O) groups excluding carboxylic acids is 4. The van der Waals surface area contributed by atoms with Gasteiger partial charge in [-0.25, -0.2) is 14.4 Å². The Bertz CT molecular complexity index is 1380. The Kier molecular flexibility index (Phi) is 15.6. The molecule has 10 nitrogen and oxygen atoms in total. The van der Waals surface area contributed by atoms with Gasteiger partial charge in [0.2, 0.25) is 0 Å². The molecule has 10 heteroatoms. The zero-order valence-corrected chi connectivity index (χ0v) is 24.8. The van der Waals surface area contributed by atoms with E-state index in [4.69, 9.17) is 28.4 Å². The lowest BCUT2D eigenvalue weighted by atomic mass is 10.2. The summed E-state index contributed by atoms with van der Waals surface area (Å²) in [6.45, 7) is 9.85. The van der Waals surface area contributed by atoms with Crippen LogP contribution in [0.5, 0.6) is 23.0 Å². The minimum atomic E-state index is -0.454. The molecule has 0 heterocycles. The third-order valence-corrected chi connectivity index (χ3v) is 5.63. The lowest BCUT2D eigenvalue weighted by Crippen LogP contribution is -2.09. The summed E-state index contributed by atoms with van der Waals surface area (Å²) in [5.74, 6) is 1.15. The Morgan fingerprint density at radius 1 is 0.705 bits per heavy atom. The molecule has 0 atom stereocenters. The van der Waals surface area contributed by atoms with Crippen LogP contribution in [0.15, 0.2) is 92.0 Å². The van der Waals surface area contributed by atoms with Gasteiger partial charge in [-0.2, -0.15) is 0 Å². The van der Waals surface area contributed by atoms with Crippen LogP contribution in [-0.2, 0) is 19.1 Å². The van der Waals surface area contributed by atoms with Crippen molar-refractivity contribution < 1.29 is 47.6 Å². The van der Waals surface area contributed by atoms with Crippen LogP contribution in [0, 0.1) is 6.92 Å². The number of benzene rings is 3. The van der Waals surface area contributed by atoms with E-state index >= 15 is 0 Å². The zero-order chi connectivity index (χ0) is 32.2. The van der Waals surface area contributed by atoms with Crippen molar-refractivity contribution >= 4 is 24.2 Å². The molecule has 0 aliphatic carbocycles. The molecule has 3 rings (SSSR count). The first-order valence-electron chi connectivity index (χ1n) is 13.7. The summed E-state index contributed by atoms with van der Waals surface area (Å²) in [6, 6.07) is 18.7. The first-order chi connectivity index (χ1) is 21.3. The summed E-state index contributed by atoms with van der Waals surface area (Å²) in [4.78, 5) is 44.3. The maximum Gasteiger partial charge on any atom is 0.343 e. The summed E-state index contributed by atoms with van der Waals surface area (Å²) in [7, 11) is 1.58. The molecule has 0 saturated heterocycles. The quantitative estimate of drug-likeness (QED) is 0.0659. The molecule has 0 aromatic heterocycles. The molecular weight excluding hydrogens is 568 g/mol. The summed E-state index contributed by atoms with van der Waals surface area (Å²) in [5, 5.41) is 0. The number of methoxy groups -OCH3 is 1. The number of carbonyl (C=O) groups is 4. The van der Waals surface area contributed by atoms with Gasteiger partial charge in [-0.05, 0) is 79.2 Å². The number of hydrogen-bond acceptors (Lipinski definition) is 10. The van der Waals surface area contributed by atoms with Crippen molar-refractivity contribution in [3.05, 3.63) is 109 Å². The molecule has 0 spiro atoms. The number of ether oxygens (including phenoxy) is 6. The fraction of sp³-hybridized carbons (Fsp3) is 0.235. The van der Waals surface area contributed by atoms with Crippen molar-refractivity contribution in [2.45, 2.75) is 19.8 Å². The Morgan fingerprint density at radius 3 is 1.66 bits per heavy atom. The number of aryl methyl sites for hydroxylation is 1. The molecule has 3 aromatic rings. The highest BCUT2D eigenvalue weighted by atomic mass is 16.5.